The van der Waals surface area contributed by atoms with Crippen LogP contribution in [0.15, 0.2) is 78.9 Å². The predicted octanol–water partition coefficient (Wildman–Crippen LogP) is 7.40. The van der Waals surface area contributed by atoms with Gasteiger partial charge in [-0.25, -0.2) is 0 Å². The topological polar surface area (TPSA) is 51.8 Å². The number of para-hydroxylation sites is 2. The molecule has 0 saturated heterocycles. The van der Waals surface area contributed by atoms with E-state index in [4.69, 9.17) is 0 Å². The van der Waals surface area contributed by atoms with Gasteiger partial charge in [0, 0.05) is 33.3 Å². The highest BCUT2D eigenvalue weighted by Gasteiger charge is 2.29. The molecule has 168 valence electrons. The lowest BCUT2D eigenvalue weighted by Gasteiger charge is -2.29. The summed E-state index contributed by atoms with van der Waals surface area (Å²) in [5, 5.41) is 13.4. The molecule has 0 aliphatic heterocycles. The lowest BCUT2D eigenvalue weighted by molar-refractivity contribution is 0.440. The van der Waals surface area contributed by atoms with E-state index in [9.17, 15) is 5.11 Å². The second-order valence-electron chi connectivity index (χ2n) is 10.6. The van der Waals surface area contributed by atoms with E-state index in [2.05, 4.69) is 104 Å². The summed E-state index contributed by atoms with van der Waals surface area (Å²) in [7, 11) is 0. The monoisotopic (exact) mass is 436 g/mol. The standard InChI is InChI=1S/C30H32N2O/c1-29(2,27-16-20-10-5-7-13-24(20)31-27)18-22-12-9-15-26(33)23(22)19-30(3,4)28-17-21-11-6-8-14-25(21)32-28/h5-17,31-33H,18-19H2,1-4H3. The van der Waals surface area contributed by atoms with Gasteiger partial charge in [-0.1, -0.05) is 76.2 Å². The minimum absolute atomic E-state index is 0.104. The molecule has 3 heteroatoms. The summed E-state index contributed by atoms with van der Waals surface area (Å²) >= 11 is 0. The zero-order valence-electron chi connectivity index (χ0n) is 19.9. The van der Waals surface area contributed by atoms with Crippen LogP contribution < -0.4 is 0 Å². The van der Waals surface area contributed by atoms with Crippen molar-refractivity contribution in [3.05, 3.63) is 101 Å². The van der Waals surface area contributed by atoms with Crippen LogP contribution in [0.4, 0.5) is 0 Å². The third-order valence-electron chi connectivity index (χ3n) is 7.02. The molecule has 3 nitrogen and oxygen atoms in total. The minimum atomic E-state index is -0.155. The van der Waals surface area contributed by atoms with Crippen LogP contribution in [0, 0.1) is 0 Å². The molecule has 3 N–H and O–H groups in total. The summed E-state index contributed by atoms with van der Waals surface area (Å²) in [5.41, 5.74) is 6.69. The van der Waals surface area contributed by atoms with Crippen LogP contribution in [0.5, 0.6) is 5.75 Å². The molecule has 3 aromatic carbocycles. The van der Waals surface area contributed by atoms with Gasteiger partial charge in [-0.2, -0.15) is 0 Å². The Kier molecular flexibility index (Phi) is 5.08. The highest BCUT2D eigenvalue weighted by atomic mass is 16.3. The molecule has 0 fully saturated rings. The van der Waals surface area contributed by atoms with Gasteiger partial charge >= 0.3 is 0 Å². The van der Waals surface area contributed by atoms with Gasteiger partial charge in [0.25, 0.3) is 0 Å². The lowest BCUT2D eigenvalue weighted by Crippen LogP contribution is -2.25. The van der Waals surface area contributed by atoms with Gasteiger partial charge in [0.15, 0.2) is 0 Å². The molecule has 0 saturated carbocycles. The Hall–Kier alpha value is -3.46. The normalized spacial score (nSPS) is 12.6. The zero-order valence-corrected chi connectivity index (χ0v) is 19.9. The molecule has 0 spiro atoms. The maximum absolute atomic E-state index is 10.9. The number of phenols is 1. The van der Waals surface area contributed by atoms with Gasteiger partial charge in [0.2, 0.25) is 0 Å². The summed E-state index contributed by atoms with van der Waals surface area (Å²) in [6.07, 6.45) is 1.59. The fraction of sp³-hybridized carbons (Fsp3) is 0.267. The number of fused-ring (bicyclic) bond motifs is 2. The van der Waals surface area contributed by atoms with E-state index in [1.165, 1.54) is 27.7 Å². The first-order chi connectivity index (χ1) is 15.7. The molecule has 33 heavy (non-hydrogen) atoms. The molecule has 0 amide bonds. The second kappa shape index (κ2) is 7.84. The Morgan fingerprint density at radius 3 is 1.70 bits per heavy atom. The highest BCUT2D eigenvalue weighted by Crippen LogP contribution is 2.37. The number of hydrogen-bond donors (Lipinski definition) is 3. The smallest absolute Gasteiger partial charge is 0.119 e. The van der Waals surface area contributed by atoms with Crippen molar-refractivity contribution in [2.75, 3.05) is 0 Å². The van der Waals surface area contributed by atoms with Gasteiger partial charge in [-0.3, -0.25) is 0 Å². The van der Waals surface area contributed by atoms with Crippen molar-refractivity contribution in [3.8, 4) is 5.75 Å². The summed E-state index contributed by atoms with van der Waals surface area (Å²) < 4.78 is 0. The van der Waals surface area contributed by atoms with Crippen molar-refractivity contribution in [1.82, 2.24) is 9.97 Å². The first kappa shape index (κ1) is 21.4. The maximum atomic E-state index is 10.9. The van der Waals surface area contributed by atoms with Crippen LogP contribution in [-0.2, 0) is 23.7 Å². The van der Waals surface area contributed by atoms with Gasteiger partial charge < -0.3 is 15.1 Å². The third kappa shape index (κ3) is 4.04. The molecule has 0 aliphatic rings. The van der Waals surface area contributed by atoms with Crippen LogP contribution in [0.3, 0.4) is 0 Å². The number of phenolic OH excluding ortho intramolecular Hbond substituents is 1. The van der Waals surface area contributed by atoms with E-state index in [0.29, 0.717) is 5.75 Å². The molecule has 5 aromatic rings. The molecule has 2 aromatic heterocycles. The van der Waals surface area contributed by atoms with Crippen LogP contribution in [0.1, 0.15) is 50.2 Å². The van der Waals surface area contributed by atoms with E-state index in [-0.39, 0.29) is 10.8 Å². The van der Waals surface area contributed by atoms with E-state index in [1.807, 2.05) is 12.1 Å². The largest absolute Gasteiger partial charge is 0.508 e. The van der Waals surface area contributed by atoms with Gasteiger partial charge in [-0.05, 0) is 65.1 Å². The Labute approximate surface area is 195 Å². The fourth-order valence-corrected chi connectivity index (χ4v) is 4.98. The predicted molar refractivity (Wildman–Crippen MR) is 138 cm³/mol. The van der Waals surface area contributed by atoms with Gasteiger partial charge in [0.05, 0.1) is 0 Å². The lowest BCUT2D eigenvalue weighted by atomic mass is 9.77. The van der Waals surface area contributed by atoms with Crippen LogP contribution in [0.2, 0.25) is 0 Å². The first-order valence-corrected chi connectivity index (χ1v) is 11.7. The summed E-state index contributed by atoms with van der Waals surface area (Å²) in [5.74, 6) is 0.379. The van der Waals surface area contributed by atoms with Crippen molar-refractivity contribution in [3.63, 3.8) is 0 Å². The van der Waals surface area contributed by atoms with Crippen molar-refractivity contribution >= 4 is 21.8 Å². The van der Waals surface area contributed by atoms with E-state index >= 15 is 0 Å². The van der Waals surface area contributed by atoms with Crippen LogP contribution in [0.25, 0.3) is 21.8 Å². The van der Waals surface area contributed by atoms with Crippen LogP contribution >= 0.6 is 0 Å². The highest BCUT2D eigenvalue weighted by molar-refractivity contribution is 5.81. The Bertz CT molecular complexity index is 1370. The van der Waals surface area contributed by atoms with E-state index in [0.717, 1.165) is 29.4 Å². The molecule has 5 rings (SSSR count). The van der Waals surface area contributed by atoms with Crippen molar-refractivity contribution in [2.24, 2.45) is 0 Å². The summed E-state index contributed by atoms with van der Waals surface area (Å²) in [6.45, 7) is 9.04. The van der Waals surface area contributed by atoms with Crippen molar-refractivity contribution in [1.29, 1.82) is 0 Å². The molecular weight excluding hydrogens is 404 g/mol. The number of aromatic amines is 2. The van der Waals surface area contributed by atoms with E-state index < -0.39 is 0 Å². The number of aromatic hydroxyl groups is 1. The van der Waals surface area contributed by atoms with Gasteiger partial charge in [0.1, 0.15) is 5.75 Å². The number of H-pyrrole nitrogens is 2. The van der Waals surface area contributed by atoms with Crippen molar-refractivity contribution in [2.45, 2.75) is 51.4 Å². The molecular formula is C30H32N2O. The Morgan fingerprint density at radius 2 is 1.15 bits per heavy atom. The minimum Gasteiger partial charge on any atom is -0.508 e. The average molecular weight is 437 g/mol. The number of rotatable bonds is 6. The fourth-order valence-electron chi connectivity index (χ4n) is 4.98. The molecule has 0 aliphatic carbocycles. The number of benzene rings is 3. The summed E-state index contributed by atoms with van der Waals surface area (Å²) in [4.78, 5) is 7.21. The third-order valence-corrected chi connectivity index (χ3v) is 7.02. The Morgan fingerprint density at radius 1 is 0.636 bits per heavy atom. The first-order valence-electron chi connectivity index (χ1n) is 11.7. The molecule has 0 radical (unpaired) electrons. The average Bonchev–Trinajstić information content (AvgIpc) is 3.41. The molecule has 0 bridgehead atoms. The summed E-state index contributed by atoms with van der Waals surface area (Å²) in [6, 6.07) is 27.2. The molecule has 0 atom stereocenters. The van der Waals surface area contributed by atoms with Crippen molar-refractivity contribution < 1.29 is 5.11 Å². The molecule has 2 heterocycles. The van der Waals surface area contributed by atoms with Crippen LogP contribution in [-0.4, -0.2) is 15.1 Å². The number of nitrogens with one attached hydrogen (secondary N) is 2. The SMILES string of the molecule is CC(C)(Cc1cccc(O)c1CC(C)(C)c1cc2ccccc2[nH]1)c1cc2ccccc2[nH]1. The molecule has 0 unspecified atom stereocenters. The van der Waals surface area contributed by atoms with E-state index in [1.54, 1.807) is 0 Å². The Balaban J connectivity index is 1.48. The van der Waals surface area contributed by atoms with Gasteiger partial charge in [-0.15, -0.1) is 0 Å². The zero-order chi connectivity index (χ0) is 23.2. The number of hydrogen-bond acceptors (Lipinski definition) is 1. The quantitative estimate of drug-likeness (QED) is 0.255. The number of aromatic nitrogens is 2. The second-order valence-corrected chi connectivity index (χ2v) is 10.6. The maximum Gasteiger partial charge on any atom is 0.119 e.